The summed E-state index contributed by atoms with van der Waals surface area (Å²) in [5.74, 6) is 1.59. The van der Waals surface area contributed by atoms with E-state index in [0.717, 1.165) is 17.5 Å². The Morgan fingerprint density at radius 3 is 2.04 bits per heavy atom. The Bertz CT molecular complexity index is 940. The van der Waals surface area contributed by atoms with Crippen LogP contribution in [0.25, 0.3) is 22.4 Å². The number of nitrogens with zero attached hydrogens (tertiary/aromatic N) is 1. The maximum atomic E-state index is 4.82. The molecule has 130 valence electrons. The fourth-order valence-electron chi connectivity index (χ4n) is 5.16. The van der Waals surface area contributed by atoms with E-state index >= 15 is 0 Å². The Balaban J connectivity index is 1.51. The summed E-state index contributed by atoms with van der Waals surface area (Å²) in [4.78, 5) is 4.82. The monoisotopic (exact) mass is 339 g/mol. The minimum Gasteiger partial charge on any atom is -0.256 e. The van der Waals surface area contributed by atoms with Crippen LogP contribution in [0.1, 0.15) is 59.8 Å². The molecule has 3 aromatic rings. The number of aromatic nitrogens is 1. The number of hydrogen-bond acceptors (Lipinski definition) is 1. The first kappa shape index (κ1) is 15.8. The lowest BCUT2D eigenvalue weighted by Crippen LogP contribution is -2.21. The van der Waals surface area contributed by atoms with Gasteiger partial charge in [-0.15, -0.1) is 0 Å². The Kier molecular flexibility index (Phi) is 3.70. The van der Waals surface area contributed by atoms with E-state index in [1.807, 2.05) is 6.20 Å². The van der Waals surface area contributed by atoms with Crippen LogP contribution in [0, 0.1) is 13.8 Å². The third kappa shape index (κ3) is 2.49. The summed E-state index contributed by atoms with van der Waals surface area (Å²) in [6, 6.07) is 18.0. The zero-order chi connectivity index (χ0) is 17.7. The molecule has 3 aliphatic rings. The highest BCUT2D eigenvalue weighted by atomic mass is 14.7. The van der Waals surface area contributed by atoms with Gasteiger partial charge in [0.15, 0.2) is 0 Å². The molecule has 0 amide bonds. The third-order valence-corrected chi connectivity index (χ3v) is 6.52. The van der Waals surface area contributed by atoms with Crippen molar-refractivity contribution in [1.29, 1.82) is 0 Å². The third-order valence-electron chi connectivity index (χ3n) is 6.52. The van der Waals surface area contributed by atoms with Gasteiger partial charge in [-0.1, -0.05) is 36.4 Å². The molecular weight excluding hydrogens is 314 g/mol. The van der Waals surface area contributed by atoms with Crippen LogP contribution in [0.4, 0.5) is 0 Å². The van der Waals surface area contributed by atoms with E-state index in [1.165, 1.54) is 53.5 Å². The summed E-state index contributed by atoms with van der Waals surface area (Å²) in [6.45, 7) is 4.35. The molecule has 0 aliphatic heterocycles. The van der Waals surface area contributed by atoms with Crippen LogP contribution in [-0.4, -0.2) is 4.98 Å². The van der Waals surface area contributed by atoms with Gasteiger partial charge in [0.1, 0.15) is 0 Å². The van der Waals surface area contributed by atoms with Crippen LogP contribution in [0.15, 0.2) is 54.7 Å². The van der Waals surface area contributed by atoms with E-state index in [0.29, 0.717) is 0 Å². The standard InChI is InChI=1S/C25H25N/c1-16-4-3-5-17(2)25(16)21-11-13-24(26-15-21)20-10-12-22-18-6-8-19(9-7-18)23(22)14-20/h3-5,10-15,18-19H,6-9H2,1-2H3. The van der Waals surface area contributed by atoms with E-state index in [9.17, 15) is 0 Å². The average Bonchev–Trinajstić information content (AvgIpc) is 2.69. The highest BCUT2D eigenvalue weighted by Gasteiger charge is 2.32. The van der Waals surface area contributed by atoms with Crippen molar-refractivity contribution in [3.8, 4) is 22.4 Å². The molecule has 1 saturated carbocycles. The van der Waals surface area contributed by atoms with E-state index < -0.39 is 0 Å². The quantitative estimate of drug-likeness (QED) is 0.501. The second-order valence-electron chi connectivity index (χ2n) is 8.09. The van der Waals surface area contributed by atoms with Crippen molar-refractivity contribution in [2.24, 2.45) is 0 Å². The molecule has 2 aromatic carbocycles. The van der Waals surface area contributed by atoms with Crippen molar-refractivity contribution in [2.75, 3.05) is 0 Å². The summed E-state index contributed by atoms with van der Waals surface area (Å²) < 4.78 is 0. The predicted octanol–water partition coefficient (Wildman–Crippen LogP) is 6.79. The van der Waals surface area contributed by atoms with Gasteiger partial charge in [-0.05, 0) is 91.3 Å². The summed E-state index contributed by atoms with van der Waals surface area (Å²) >= 11 is 0. The first-order chi connectivity index (χ1) is 12.7. The predicted molar refractivity (Wildman–Crippen MR) is 109 cm³/mol. The maximum absolute atomic E-state index is 4.82. The lowest BCUT2D eigenvalue weighted by atomic mass is 9.67. The van der Waals surface area contributed by atoms with Crippen molar-refractivity contribution in [2.45, 2.75) is 51.4 Å². The molecule has 0 radical (unpaired) electrons. The Labute approximate surface area is 156 Å². The SMILES string of the molecule is Cc1cccc(C)c1-c1ccc(-c2ccc3c(c2)C2CCC3CC2)nc1. The molecular formula is C25H25N. The average molecular weight is 339 g/mol. The van der Waals surface area contributed by atoms with Gasteiger partial charge in [-0.3, -0.25) is 4.98 Å². The summed E-state index contributed by atoms with van der Waals surface area (Å²) in [5.41, 5.74) is 10.7. The molecule has 3 aliphatic carbocycles. The smallest absolute Gasteiger partial charge is 0.0702 e. The normalized spacial score (nSPS) is 20.8. The zero-order valence-electron chi connectivity index (χ0n) is 15.6. The van der Waals surface area contributed by atoms with Crippen molar-refractivity contribution in [1.82, 2.24) is 4.98 Å². The first-order valence-electron chi connectivity index (χ1n) is 9.87. The van der Waals surface area contributed by atoms with Crippen molar-refractivity contribution in [3.05, 3.63) is 77.0 Å². The topological polar surface area (TPSA) is 12.9 Å². The highest BCUT2D eigenvalue weighted by Crippen LogP contribution is 2.49. The van der Waals surface area contributed by atoms with Gasteiger partial charge in [-0.25, -0.2) is 0 Å². The number of pyridine rings is 1. The minimum atomic E-state index is 0.781. The molecule has 0 saturated heterocycles. The Hall–Kier alpha value is -2.41. The van der Waals surface area contributed by atoms with Crippen molar-refractivity contribution < 1.29 is 0 Å². The van der Waals surface area contributed by atoms with Gasteiger partial charge in [0, 0.05) is 17.3 Å². The summed E-state index contributed by atoms with van der Waals surface area (Å²) in [7, 11) is 0. The van der Waals surface area contributed by atoms with Crippen LogP contribution in [0.5, 0.6) is 0 Å². The van der Waals surface area contributed by atoms with Crippen molar-refractivity contribution >= 4 is 0 Å². The van der Waals surface area contributed by atoms with Crippen LogP contribution in [0.3, 0.4) is 0 Å². The van der Waals surface area contributed by atoms with Crippen molar-refractivity contribution in [3.63, 3.8) is 0 Å². The molecule has 1 fully saturated rings. The van der Waals surface area contributed by atoms with E-state index in [4.69, 9.17) is 4.98 Å². The minimum absolute atomic E-state index is 0.781. The molecule has 0 atom stereocenters. The number of hydrogen-bond donors (Lipinski definition) is 0. The lowest BCUT2D eigenvalue weighted by Gasteiger charge is -2.38. The van der Waals surface area contributed by atoms with Gasteiger partial charge >= 0.3 is 0 Å². The molecule has 6 rings (SSSR count). The molecule has 2 bridgehead atoms. The molecule has 1 heterocycles. The van der Waals surface area contributed by atoms with Crippen LogP contribution in [0.2, 0.25) is 0 Å². The second kappa shape index (κ2) is 6.09. The van der Waals surface area contributed by atoms with Crippen LogP contribution >= 0.6 is 0 Å². The molecule has 0 unspecified atom stereocenters. The largest absolute Gasteiger partial charge is 0.256 e. The van der Waals surface area contributed by atoms with Crippen LogP contribution < -0.4 is 0 Å². The van der Waals surface area contributed by atoms with E-state index in [1.54, 1.807) is 11.1 Å². The van der Waals surface area contributed by atoms with Gasteiger partial charge in [0.05, 0.1) is 5.69 Å². The van der Waals surface area contributed by atoms with Crippen LogP contribution in [-0.2, 0) is 0 Å². The number of rotatable bonds is 2. The summed E-state index contributed by atoms with van der Waals surface area (Å²) in [6.07, 6.45) is 7.57. The molecule has 26 heavy (non-hydrogen) atoms. The highest BCUT2D eigenvalue weighted by molar-refractivity contribution is 5.72. The Morgan fingerprint density at radius 2 is 1.38 bits per heavy atom. The number of benzene rings is 2. The van der Waals surface area contributed by atoms with Gasteiger partial charge in [0.2, 0.25) is 0 Å². The van der Waals surface area contributed by atoms with E-state index in [2.05, 4.69) is 62.4 Å². The number of aryl methyl sites for hydroxylation is 2. The second-order valence-corrected chi connectivity index (χ2v) is 8.09. The Morgan fingerprint density at radius 1 is 0.731 bits per heavy atom. The maximum Gasteiger partial charge on any atom is 0.0702 e. The fourth-order valence-corrected chi connectivity index (χ4v) is 5.16. The molecule has 1 nitrogen and oxygen atoms in total. The van der Waals surface area contributed by atoms with Gasteiger partial charge in [-0.2, -0.15) is 0 Å². The van der Waals surface area contributed by atoms with Gasteiger partial charge < -0.3 is 0 Å². The fraction of sp³-hybridized carbons (Fsp3) is 0.320. The summed E-state index contributed by atoms with van der Waals surface area (Å²) in [5, 5.41) is 0. The lowest BCUT2D eigenvalue weighted by molar-refractivity contribution is 0.359. The molecule has 0 spiro atoms. The number of fused-ring (bicyclic) bond motifs is 2. The first-order valence-corrected chi connectivity index (χ1v) is 9.87. The zero-order valence-corrected chi connectivity index (χ0v) is 15.6. The molecule has 1 aromatic heterocycles. The molecule has 1 heteroatoms. The van der Waals surface area contributed by atoms with Gasteiger partial charge in [0.25, 0.3) is 0 Å². The van der Waals surface area contributed by atoms with E-state index in [-0.39, 0.29) is 0 Å². The molecule has 0 N–H and O–H groups in total.